The molecule has 168 valence electrons. The zero-order valence-electron chi connectivity index (χ0n) is 19.1. The number of thioether (sulfide) groups is 1. The minimum Gasteiger partial charge on any atom is -0.495 e. The fourth-order valence-corrected chi connectivity index (χ4v) is 4.53. The van der Waals surface area contributed by atoms with Crippen LogP contribution in [-0.2, 0) is 4.74 Å². The molecule has 31 heavy (non-hydrogen) atoms. The van der Waals surface area contributed by atoms with Gasteiger partial charge in [0.2, 0.25) is 0 Å². The molecule has 0 radical (unpaired) electrons. The Balaban J connectivity index is 0.000000807. The van der Waals surface area contributed by atoms with Crippen molar-refractivity contribution in [2.75, 3.05) is 25.6 Å². The Morgan fingerprint density at radius 2 is 1.77 bits per heavy atom. The smallest absolute Gasteiger partial charge is 0.139 e. The molecule has 0 bridgehead atoms. The number of benzene rings is 2. The van der Waals surface area contributed by atoms with E-state index in [1.165, 1.54) is 4.90 Å². The average molecular weight is 461 g/mol. The molecule has 6 heteroatoms. The lowest BCUT2D eigenvalue weighted by molar-refractivity contribution is 0.100. The van der Waals surface area contributed by atoms with Crippen LogP contribution in [-0.4, -0.2) is 30.6 Å². The number of anilines is 2. The molecule has 0 amide bonds. The van der Waals surface area contributed by atoms with Gasteiger partial charge >= 0.3 is 0 Å². The number of hydrogen-bond donors (Lipinski definition) is 1. The van der Waals surface area contributed by atoms with Gasteiger partial charge in [0.15, 0.2) is 0 Å². The highest BCUT2D eigenvalue weighted by Gasteiger charge is 2.15. The third-order valence-electron chi connectivity index (χ3n) is 4.61. The van der Waals surface area contributed by atoms with Crippen molar-refractivity contribution in [1.82, 2.24) is 4.98 Å². The van der Waals surface area contributed by atoms with Crippen LogP contribution in [0.1, 0.15) is 40.5 Å². The van der Waals surface area contributed by atoms with E-state index in [-0.39, 0.29) is 0 Å². The molecule has 1 N–H and O–H groups in total. The Bertz CT molecular complexity index is 946. The van der Waals surface area contributed by atoms with Gasteiger partial charge < -0.3 is 14.8 Å². The predicted molar refractivity (Wildman–Crippen MR) is 135 cm³/mol. The summed E-state index contributed by atoms with van der Waals surface area (Å²) in [6.07, 6.45) is 4.03. The number of methoxy groups -OCH3 is 1. The molecule has 0 aliphatic carbocycles. The van der Waals surface area contributed by atoms with Gasteiger partial charge in [-0.1, -0.05) is 39.3 Å². The Kier molecular flexibility index (Phi) is 11.0. The molecule has 1 saturated heterocycles. The van der Waals surface area contributed by atoms with E-state index in [1.807, 2.05) is 69.9 Å². The number of ether oxygens (including phenoxy) is 2. The molecule has 1 aliphatic heterocycles. The normalized spacial score (nSPS) is 13.5. The van der Waals surface area contributed by atoms with Crippen LogP contribution in [0.2, 0.25) is 5.02 Å². The van der Waals surface area contributed by atoms with E-state index >= 15 is 0 Å². The van der Waals surface area contributed by atoms with E-state index in [2.05, 4.69) is 28.5 Å². The Labute approximate surface area is 195 Å². The summed E-state index contributed by atoms with van der Waals surface area (Å²) in [6.45, 7) is 9.72. The summed E-state index contributed by atoms with van der Waals surface area (Å²) in [5, 5.41) is 5.78. The third kappa shape index (κ3) is 7.03. The monoisotopic (exact) mass is 460 g/mol. The number of rotatable bonds is 5. The molecule has 4 nitrogen and oxygen atoms in total. The van der Waals surface area contributed by atoms with Crippen molar-refractivity contribution in [2.45, 2.75) is 50.7 Å². The maximum atomic E-state index is 6.13. The van der Waals surface area contributed by atoms with Crippen molar-refractivity contribution in [3.05, 3.63) is 53.7 Å². The maximum absolute atomic E-state index is 6.13. The van der Waals surface area contributed by atoms with Crippen LogP contribution in [0, 0.1) is 0 Å². The van der Waals surface area contributed by atoms with Gasteiger partial charge in [-0.15, -0.1) is 11.8 Å². The number of pyridine rings is 1. The molecule has 1 aromatic heterocycles. The molecule has 0 unspecified atom stereocenters. The first-order valence-corrected chi connectivity index (χ1v) is 12.2. The van der Waals surface area contributed by atoms with E-state index in [0.717, 1.165) is 48.3 Å². The van der Waals surface area contributed by atoms with Crippen LogP contribution in [0.5, 0.6) is 5.75 Å². The molecule has 1 aliphatic rings. The molecule has 3 aromatic rings. The Hall–Kier alpha value is -1.95. The SMILES string of the molecule is CC.CC.COc1cc(Nc2ccnc3ccc(SC4CCOCC4)cc23)ccc1Cl. The molecule has 0 saturated carbocycles. The number of nitrogens with zero attached hydrogens (tertiary/aromatic N) is 1. The van der Waals surface area contributed by atoms with Crippen LogP contribution >= 0.6 is 23.4 Å². The molecular weight excluding hydrogens is 428 g/mol. The van der Waals surface area contributed by atoms with E-state index in [4.69, 9.17) is 21.1 Å². The van der Waals surface area contributed by atoms with Gasteiger partial charge in [0.05, 0.1) is 17.6 Å². The van der Waals surface area contributed by atoms with Crippen molar-refractivity contribution >= 4 is 45.6 Å². The molecule has 1 fully saturated rings. The molecule has 0 atom stereocenters. The predicted octanol–water partition coefficient (Wildman–Crippen LogP) is 7.96. The van der Waals surface area contributed by atoms with E-state index in [9.17, 15) is 0 Å². The highest BCUT2D eigenvalue weighted by molar-refractivity contribution is 8.00. The van der Waals surface area contributed by atoms with Crippen molar-refractivity contribution in [3.8, 4) is 5.75 Å². The van der Waals surface area contributed by atoms with Gasteiger partial charge in [0, 0.05) is 52.4 Å². The second kappa shape index (κ2) is 13.5. The average Bonchev–Trinajstić information content (AvgIpc) is 2.84. The summed E-state index contributed by atoms with van der Waals surface area (Å²) < 4.78 is 10.8. The summed E-state index contributed by atoms with van der Waals surface area (Å²) in [5.41, 5.74) is 2.90. The minimum atomic E-state index is 0.595. The molecular formula is C25H33ClN2O2S. The number of aromatic nitrogens is 1. The molecule has 2 aromatic carbocycles. The number of halogens is 1. The highest BCUT2D eigenvalue weighted by Crippen LogP contribution is 2.35. The molecule has 0 spiro atoms. The second-order valence-corrected chi connectivity index (χ2v) is 8.22. The molecule has 4 rings (SSSR count). The van der Waals surface area contributed by atoms with E-state index in [0.29, 0.717) is 16.0 Å². The van der Waals surface area contributed by atoms with Gasteiger partial charge in [-0.2, -0.15) is 0 Å². The van der Waals surface area contributed by atoms with Gasteiger partial charge in [0.1, 0.15) is 5.75 Å². The second-order valence-electron chi connectivity index (χ2n) is 6.44. The zero-order chi connectivity index (χ0) is 22.6. The maximum Gasteiger partial charge on any atom is 0.139 e. The lowest BCUT2D eigenvalue weighted by Crippen LogP contribution is -2.17. The number of fused-ring (bicyclic) bond motifs is 1. The number of nitrogens with one attached hydrogen (secondary N) is 1. The minimum absolute atomic E-state index is 0.595. The third-order valence-corrected chi connectivity index (χ3v) is 6.26. The summed E-state index contributed by atoms with van der Waals surface area (Å²) in [4.78, 5) is 5.77. The topological polar surface area (TPSA) is 43.4 Å². The van der Waals surface area contributed by atoms with Crippen molar-refractivity contribution in [1.29, 1.82) is 0 Å². The van der Waals surface area contributed by atoms with Gasteiger partial charge in [-0.25, -0.2) is 0 Å². The standard InChI is InChI=1S/C21H21ClN2O2S.2C2H6/c1-25-21-12-14(2-4-18(21)22)24-20-6-9-23-19-5-3-16(13-17(19)20)27-15-7-10-26-11-8-15;2*1-2/h2-6,9,12-13,15H,7-8,10-11H2,1H3,(H,23,24);2*1-2H3. The first kappa shape index (κ1) is 25.3. The Morgan fingerprint density at radius 3 is 2.48 bits per heavy atom. The van der Waals surface area contributed by atoms with Crippen LogP contribution in [0.25, 0.3) is 10.9 Å². The largest absolute Gasteiger partial charge is 0.495 e. The molecule has 2 heterocycles. The summed E-state index contributed by atoms with van der Waals surface area (Å²) in [6, 6.07) is 14.1. The summed E-state index contributed by atoms with van der Waals surface area (Å²) >= 11 is 8.06. The van der Waals surface area contributed by atoms with Crippen LogP contribution < -0.4 is 10.1 Å². The highest BCUT2D eigenvalue weighted by atomic mass is 35.5. The first-order chi connectivity index (χ1) is 15.2. The first-order valence-electron chi connectivity index (χ1n) is 11.0. The van der Waals surface area contributed by atoms with Crippen LogP contribution in [0.3, 0.4) is 0 Å². The van der Waals surface area contributed by atoms with Gasteiger partial charge in [-0.3, -0.25) is 4.98 Å². The van der Waals surface area contributed by atoms with E-state index in [1.54, 1.807) is 7.11 Å². The number of hydrogen-bond acceptors (Lipinski definition) is 5. The van der Waals surface area contributed by atoms with E-state index < -0.39 is 0 Å². The lowest BCUT2D eigenvalue weighted by atomic mass is 10.2. The fourth-order valence-electron chi connectivity index (χ4n) is 3.19. The van der Waals surface area contributed by atoms with Crippen LogP contribution in [0.15, 0.2) is 53.6 Å². The lowest BCUT2D eigenvalue weighted by Gasteiger charge is -2.21. The van der Waals surface area contributed by atoms with Gasteiger partial charge in [0.25, 0.3) is 0 Å². The fraction of sp³-hybridized carbons (Fsp3) is 0.400. The Morgan fingerprint density at radius 1 is 1.03 bits per heavy atom. The summed E-state index contributed by atoms with van der Waals surface area (Å²) in [7, 11) is 1.62. The van der Waals surface area contributed by atoms with Crippen molar-refractivity contribution < 1.29 is 9.47 Å². The zero-order valence-corrected chi connectivity index (χ0v) is 20.6. The van der Waals surface area contributed by atoms with Crippen LogP contribution in [0.4, 0.5) is 11.4 Å². The van der Waals surface area contributed by atoms with Crippen molar-refractivity contribution in [3.63, 3.8) is 0 Å². The van der Waals surface area contributed by atoms with Gasteiger partial charge in [-0.05, 0) is 49.2 Å². The quantitative estimate of drug-likeness (QED) is 0.418. The van der Waals surface area contributed by atoms with Crippen molar-refractivity contribution in [2.24, 2.45) is 0 Å². The summed E-state index contributed by atoms with van der Waals surface area (Å²) in [5.74, 6) is 0.649.